The molecule has 0 spiro atoms. The van der Waals surface area contributed by atoms with Crippen molar-refractivity contribution in [1.29, 1.82) is 0 Å². The minimum absolute atomic E-state index is 0.482. The van der Waals surface area contributed by atoms with Gasteiger partial charge in [0.15, 0.2) is 0 Å². The van der Waals surface area contributed by atoms with Gasteiger partial charge in [-0.05, 0) is 42.5 Å². The van der Waals surface area contributed by atoms with Gasteiger partial charge in [0.05, 0.1) is 11.4 Å². The summed E-state index contributed by atoms with van der Waals surface area (Å²) in [5.74, 6) is 12.2. The Morgan fingerprint density at radius 3 is 2.42 bits per heavy atom. The molecule has 2 aromatic carbocycles. The Hall–Kier alpha value is -2.00. The highest BCUT2D eigenvalue weighted by atomic mass is 32.2. The van der Waals surface area contributed by atoms with Gasteiger partial charge in [-0.3, -0.25) is 5.01 Å². The fourth-order valence-electron chi connectivity index (χ4n) is 2.25. The molecule has 0 aliphatic carbocycles. The summed E-state index contributed by atoms with van der Waals surface area (Å²) in [6.45, 7) is 2.00. The molecule has 0 radical (unpaired) electrons. The van der Waals surface area contributed by atoms with Crippen molar-refractivity contribution in [2.24, 2.45) is 16.7 Å². The van der Waals surface area contributed by atoms with Gasteiger partial charge >= 0.3 is 6.03 Å². The third-order valence-corrected chi connectivity index (χ3v) is 5.71. The van der Waals surface area contributed by atoms with E-state index in [0.29, 0.717) is 11.4 Å². The van der Waals surface area contributed by atoms with Gasteiger partial charge in [-0.25, -0.2) is 26.5 Å². The summed E-state index contributed by atoms with van der Waals surface area (Å²) in [5.41, 5.74) is 3.58. The van der Waals surface area contributed by atoms with Gasteiger partial charge in [0.2, 0.25) is 0 Å². The number of hydrogen-bond acceptors (Lipinski definition) is 6. The van der Waals surface area contributed by atoms with E-state index in [1.54, 1.807) is 23.5 Å². The van der Waals surface area contributed by atoms with Crippen LogP contribution in [0.15, 0.2) is 53.5 Å². The Bertz CT molecular complexity index is 780. The lowest BCUT2D eigenvalue weighted by Gasteiger charge is -2.24. The Kier molecular flexibility index (Phi) is 7.52. The van der Waals surface area contributed by atoms with Crippen molar-refractivity contribution in [3.8, 4) is 0 Å². The van der Waals surface area contributed by atoms with Crippen molar-refractivity contribution < 1.29 is 4.79 Å². The van der Waals surface area contributed by atoms with Gasteiger partial charge in [0.1, 0.15) is 4.38 Å². The molecule has 2 amide bonds. The second kappa shape index (κ2) is 9.63. The number of nitrogens with zero attached hydrogens (tertiary/aromatic N) is 3. The second-order valence-electron chi connectivity index (χ2n) is 5.54. The van der Waals surface area contributed by atoms with Gasteiger partial charge in [-0.15, -0.1) is 11.8 Å². The molecule has 0 bridgehead atoms. The first kappa shape index (κ1) is 20.3. The van der Waals surface area contributed by atoms with E-state index >= 15 is 0 Å². The van der Waals surface area contributed by atoms with Crippen LogP contribution in [0.25, 0.3) is 0 Å². The minimum Gasteiger partial charge on any atom is -0.264 e. The SMILES string of the molecule is CSC(=Nc1ccccc1)SCc1c(C)cccc1N(N)C(=O)N(C)N. The molecule has 138 valence electrons. The molecule has 0 heterocycles. The van der Waals surface area contributed by atoms with Crippen molar-refractivity contribution in [2.45, 2.75) is 12.7 Å². The van der Waals surface area contributed by atoms with Crippen LogP contribution in [0.1, 0.15) is 11.1 Å². The molecule has 0 fully saturated rings. The Morgan fingerprint density at radius 2 is 1.81 bits per heavy atom. The van der Waals surface area contributed by atoms with Crippen molar-refractivity contribution in [1.82, 2.24) is 5.01 Å². The second-order valence-corrected chi connectivity index (χ2v) is 7.56. The third kappa shape index (κ3) is 5.25. The largest absolute Gasteiger partial charge is 0.352 e. The van der Waals surface area contributed by atoms with Gasteiger partial charge in [-0.1, -0.05) is 42.1 Å². The number of amides is 2. The lowest BCUT2D eigenvalue weighted by atomic mass is 10.1. The first-order valence-electron chi connectivity index (χ1n) is 7.90. The van der Waals surface area contributed by atoms with Gasteiger partial charge in [0, 0.05) is 12.8 Å². The number of hydrazine groups is 2. The maximum atomic E-state index is 12.1. The zero-order chi connectivity index (χ0) is 19.1. The van der Waals surface area contributed by atoms with E-state index < -0.39 is 6.03 Å². The van der Waals surface area contributed by atoms with E-state index in [9.17, 15) is 4.79 Å². The molecule has 0 aliphatic rings. The summed E-state index contributed by atoms with van der Waals surface area (Å²) in [4.78, 5) is 16.8. The topological polar surface area (TPSA) is 88.0 Å². The number of rotatable bonds is 4. The maximum absolute atomic E-state index is 12.1. The number of urea groups is 1. The summed E-state index contributed by atoms with van der Waals surface area (Å²) in [6.07, 6.45) is 2.00. The molecule has 0 aliphatic heterocycles. The molecule has 2 aromatic rings. The molecule has 8 heteroatoms. The predicted octanol–water partition coefficient (Wildman–Crippen LogP) is 3.88. The molecule has 6 nitrogen and oxygen atoms in total. The first-order chi connectivity index (χ1) is 12.4. The highest BCUT2D eigenvalue weighted by Gasteiger charge is 2.19. The number of benzene rings is 2. The summed E-state index contributed by atoms with van der Waals surface area (Å²) in [5, 5.41) is 2.04. The normalized spacial score (nSPS) is 11.3. The summed E-state index contributed by atoms with van der Waals surface area (Å²) < 4.78 is 0.941. The van der Waals surface area contributed by atoms with Crippen LogP contribution in [0.2, 0.25) is 0 Å². The molecule has 0 saturated carbocycles. The van der Waals surface area contributed by atoms with Crippen LogP contribution in [-0.4, -0.2) is 28.7 Å². The Labute approximate surface area is 162 Å². The van der Waals surface area contributed by atoms with E-state index in [1.165, 1.54) is 7.05 Å². The summed E-state index contributed by atoms with van der Waals surface area (Å²) in [6, 6.07) is 15.0. The van der Waals surface area contributed by atoms with E-state index in [-0.39, 0.29) is 0 Å². The zero-order valence-electron chi connectivity index (χ0n) is 15.0. The van der Waals surface area contributed by atoms with Crippen molar-refractivity contribution in [3.05, 3.63) is 59.7 Å². The number of aliphatic imine (C=N–C) groups is 1. The van der Waals surface area contributed by atoms with Crippen LogP contribution < -0.4 is 16.7 Å². The highest BCUT2D eigenvalue weighted by Crippen LogP contribution is 2.30. The monoisotopic (exact) mass is 389 g/mol. The van der Waals surface area contributed by atoms with Crippen molar-refractivity contribution >= 4 is 45.3 Å². The lowest BCUT2D eigenvalue weighted by Crippen LogP contribution is -2.49. The molecule has 0 atom stereocenters. The Morgan fingerprint density at radius 1 is 1.12 bits per heavy atom. The molecular weight excluding hydrogens is 366 g/mol. The van der Waals surface area contributed by atoms with Crippen LogP contribution in [0.4, 0.5) is 16.2 Å². The van der Waals surface area contributed by atoms with E-state index in [2.05, 4.69) is 4.99 Å². The number of aryl methyl sites for hydroxylation is 1. The molecule has 4 N–H and O–H groups in total. The molecule has 2 rings (SSSR count). The van der Waals surface area contributed by atoms with Gasteiger partial charge < -0.3 is 0 Å². The summed E-state index contributed by atoms with van der Waals surface area (Å²) >= 11 is 3.20. The van der Waals surface area contributed by atoms with Crippen LogP contribution >= 0.6 is 23.5 Å². The molecule has 0 aromatic heterocycles. The number of para-hydroxylation sites is 1. The average Bonchev–Trinajstić information content (AvgIpc) is 2.65. The smallest absolute Gasteiger partial charge is 0.264 e. The van der Waals surface area contributed by atoms with Gasteiger partial charge in [0.25, 0.3) is 0 Å². The quantitative estimate of drug-likeness (QED) is 0.272. The molecule has 26 heavy (non-hydrogen) atoms. The number of carbonyl (C=O) groups excluding carboxylic acids is 1. The van der Waals surface area contributed by atoms with Crippen LogP contribution in [-0.2, 0) is 5.75 Å². The van der Waals surface area contributed by atoms with E-state index in [1.807, 2.05) is 61.7 Å². The standard InChI is InChI=1S/C18H23N5OS2/c1-13-8-7-11-16(23(20)18(24)22(2)19)15(13)12-26-17(25-3)21-14-9-5-4-6-10-14/h4-11H,12,19-20H2,1-3H3. The first-order valence-corrected chi connectivity index (χ1v) is 10.1. The fourth-order valence-corrected chi connectivity index (χ4v) is 3.91. The van der Waals surface area contributed by atoms with Crippen LogP contribution in [0.3, 0.4) is 0 Å². The minimum atomic E-state index is -0.482. The number of anilines is 1. The number of thioether (sulfide) groups is 2. The van der Waals surface area contributed by atoms with Crippen LogP contribution in [0, 0.1) is 6.92 Å². The fraction of sp³-hybridized carbons (Fsp3) is 0.222. The Balaban J connectivity index is 2.23. The number of nitrogens with two attached hydrogens (primary N) is 2. The zero-order valence-corrected chi connectivity index (χ0v) is 16.7. The van der Waals surface area contributed by atoms with Crippen molar-refractivity contribution in [2.75, 3.05) is 18.3 Å². The summed E-state index contributed by atoms with van der Waals surface area (Å²) in [7, 11) is 1.46. The molecule has 0 saturated heterocycles. The maximum Gasteiger partial charge on any atom is 0.352 e. The van der Waals surface area contributed by atoms with Gasteiger partial charge in [-0.2, -0.15) is 0 Å². The highest BCUT2D eigenvalue weighted by molar-refractivity contribution is 8.38. The van der Waals surface area contributed by atoms with Crippen molar-refractivity contribution in [3.63, 3.8) is 0 Å². The third-order valence-electron chi connectivity index (χ3n) is 3.64. The van der Waals surface area contributed by atoms with E-state index in [0.717, 1.165) is 31.2 Å². The van der Waals surface area contributed by atoms with Crippen LogP contribution in [0.5, 0.6) is 0 Å². The average molecular weight is 390 g/mol. The number of carbonyl (C=O) groups is 1. The molecule has 0 unspecified atom stereocenters. The van der Waals surface area contributed by atoms with E-state index in [4.69, 9.17) is 11.7 Å². The lowest BCUT2D eigenvalue weighted by molar-refractivity contribution is 0.216. The predicted molar refractivity (Wildman–Crippen MR) is 114 cm³/mol. The number of hydrogen-bond donors (Lipinski definition) is 2. The molecular formula is C18H23N5OS2.